The van der Waals surface area contributed by atoms with Crippen LogP contribution in [0.1, 0.15) is 5.56 Å². The van der Waals surface area contributed by atoms with E-state index in [2.05, 4.69) is 17.9 Å². The SMILES string of the molecule is C=C(C#N)/C=C\C(=C)c1ccc(OCOc2ccc(-c3ccc(OC(F)(F)F)c(F)c3)cc2)cc1. The molecule has 3 aromatic rings. The smallest absolute Gasteiger partial charge is 0.458 e. The Balaban J connectivity index is 1.53. The predicted molar refractivity (Wildman–Crippen MR) is 124 cm³/mol. The molecule has 0 saturated heterocycles. The minimum absolute atomic E-state index is 0.0698. The largest absolute Gasteiger partial charge is 0.573 e. The molecule has 0 amide bonds. The van der Waals surface area contributed by atoms with E-state index in [1.807, 2.05) is 18.2 Å². The van der Waals surface area contributed by atoms with Crippen LogP contribution in [0.5, 0.6) is 17.2 Å². The van der Waals surface area contributed by atoms with Crippen molar-refractivity contribution in [2.45, 2.75) is 6.36 Å². The van der Waals surface area contributed by atoms with Crippen molar-refractivity contribution in [1.29, 1.82) is 5.26 Å². The molecule has 0 aliphatic rings. The third-order valence-electron chi connectivity index (χ3n) is 4.65. The summed E-state index contributed by atoms with van der Waals surface area (Å²) in [5, 5.41) is 8.73. The zero-order valence-electron chi connectivity index (χ0n) is 18.3. The Kier molecular flexibility index (Phi) is 7.95. The highest BCUT2D eigenvalue weighted by Gasteiger charge is 2.32. The molecule has 0 spiro atoms. The van der Waals surface area contributed by atoms with E-state index in [9.17, 15) is 17.6 Å². The van der Waals surface area contributed by atoms with Gasteiger partial charge in [-0.25, -0.2) is 4.39 Å². The van der Waals surface area contributed by atoms with Gasteiger partial charge in [-0.15, -0.1) is 13.2 Å². The van der Waals surface area contributed by atoms with Crippen LogP contribution in [0.2, 0.25) is 0 Å². The van der Waals surface area contributed by atoms with Crippen molar-refractivity contribution in [1.82, 2.24) is 0 Å². The van der Waals surface area contributed by atoms with E-state index < -0.39 is 17.9 Å². The van der Waals surface area contributed by atoms with Crippen LogP contribution in [0.25, 0.3) is 16.7 Å². The van der Waals surface area contributed by atoms with Gasteiger partial charge < -0.3 is 14.2 Å². The number of ether oxygens (including phenoxy) is 3. The summed E-state index contributed by atoms with van der Waals surface area (Å²) in [4.78, 5) is 0. The van der Waals surface area contributed by atoms with Gasteiger partial charge in [0.25, 0.3) is 0 Å². The standard InChI is InChI=1S/C27H19F4NO3/c1-18(16-32)3-4-19(2)20-5-10-23(11-6-20)33-17-34-24-12-7-21(8-13-24)22-9-14-26(25(28)15-22)35-27(29,30)31/h3-15H,1-2,17H2/b4-3-. The molecule has 0 aliphatic carbocycles. The first kappa shape index (κ1) is 25.1. The second-order valence-corrected chi connectivity index (χ2v) is 7.14. The first-order chi connectivity index (χ1) is 16.6. The molecule has 4 nitrogen and oxygen atoms in total. The maximum atomic E-state index is 13.9. The number of benzene rings is 3. The van der Waals surface area contributed by atoms with Gasteiger partial charge >= 0.3 is 6.36 Å². The monoisotopic (exact) mass is 481 g/mol. The molecule has 8 heteroatoms. The molecule has 3 rings (SSSR count). The highest BCUT2D eigenvalue weighted by molar-refractivity contribution is 5.73. The summed E-state index contributed by atoms with van der Waals surface area (Å²) < 4.78 is 65.5. The van der Waals surface area contributed by atoms with Crippen LogP contribution < -0.4 is 14.2 Å². The normalized spacial score (nSPS) is 11.1. The van der Waals surface area contributed by atoms with Crippen molar-refractivity contribution in [3.63, 3.8) is 0 Å². The lowest BCUT2D eigenvalue weighted by atomic mass is 10.1. The molecule has 0 radical (unpaired) electrons. The Hall–Kier alpha value is -4.51. The lowest BCUT2D eigenvalue weighted by Gasteiger charge is -2.11. The van der Waals surface area contributed by atoms with Crippen molar-refractivity contribution in [3.8, 4) is 34.4 Å². The molecule has 0 N–H and O–H groups in total. The Morgan fingerprint density at radius 1 is 0.857 bits per heavy atom. The van der Waals surface area contributed by atoms with Crippen molar-refractivity contribution in [3.05, 3.63) is 109 Å². The van der Waals surface area contributed by atoms with Crippen LogP contribution in [-0.4, -0.2) is 13.2 Å². The third-order valence-corrected chi connectivity index (χ3v) is 4.65. The van der Waals surface area contributed by atoms with Crippen LogP contribution >= 0.6 is 0 Å². The molecule has 0 aliphatic heterocycles. The maximum absolute atomic E-state index is 13.9. The zero-order chi connectivity index (χ0) is 25.4. The molecule has 0 atom stereocenters. The topological polar surface area (TPSA) is 51.5 Å². The zero-order valence-corrected chi connectivity index (χ0v) is 18.3. The summed E-state index contributed by atoms with van der Waals surface area (Å²) >= 11 is 0. The maximum Gasteiger partial charge on any atom is 0.573 e. The van der Waals surface area contributed by atoms with Gasteiger partial charge in [0.05, 0.1) is 6.07 Å². The fourth-order valence-electron chi connectivity index (χ4n) is 2.90. The second kappa shape index (κ2) is 11.1. The Labute approximate surface area is 199 Å². The lowest BCUT2D eigenvalue weighted by molar-refractivity contribution is -0.275. The van der Waals surface area contributed by atoms with Gasteiger partial charge in [-0.05, 0) is 64.7 Å². The van der Waals surface area contributed by atoms with Crippen molar-refractivity contribution in [2.24, 2.45) is 0 Å². The summed E-state index contributed by atoms with van der Waals surface area (Å²) in [6.45, 7) is 7.44. The molecule has 0 unspecified atom stereocenters. The number of rotatable bonds is 9. The van der Waals surface area contributed by atoms with Crippen LogP contribution in [0, 0.1) is 17.1 Å². The molecule has 0 heterocycles. The Morgan fingerprint density at radius 2 is 1.43 bits per heavy atom. The van der Waals surface area contributed by atoms with Crippen LogP contribution in [-0.2, 0) is 0 Å². The molecule has 0 aromatic heterocycles. The van der Waals surface area contributed by atoms with Gasteiger partial charge in [0.1, 0.15) is 11.5 Å². The van der Waals surface area contributed by atoms with Crippen molar-refractivity contribution >= 4 is 5.57 Å². The van der Waals surface area contributed by atoms with Crippen LogP contribution in [0.15, 0.2) is 97.6 Å². The second-order valence-electron chi connectivity index (χ2n) is 7.14. The minimum atomic E-state index is -4.97. The minimum Gasteiger partial charge on any atom is -0.458 e. The summed E-state index contributed by atoms with van der Waals surface area (Å²) in [6, 6.07) is 18.8. The number of nitrogens with zero attached hydrogens (tertiary/aromatic N) is 1. The number of hydrogen-bond acceptors (Lipinski definition) is 4. The first-order valence-corrected chi connectivity index (χ1v) is 10.1. The van der Waals surface area contributed by atoms with Crippen molar-refractivity contribution in [2.75, 3.05) is 6.79 Å². The van der Waals surface area contributed by atoms with E-state index in [4.69, 9.17) is 14.7 Å². The molecular weight excluding hydrogens is 462 g/mol. The molecule has 35 heavy (non-hydrogen) atoms. The van der Waals surface area contributed by atoms with E-state index in [-0.39, 0.29) is 6.79 Å². The van der Waals surface area contributed by atoms with Crippen LogP contribution in [0.3, 0.4) is 0 Å². The average molecular weight is 481 g/mol. The summed E-state index contributed by atoms with van der Waals surface area (Å²) in [5.41, 5.74) is 2.86. The van der Waals surface area contributed by atoms with Gasteiger partial charge in [-0.3, -0.25) is 0 Å². The van der Waals surface area contributed by atoms with E-state index in [0.717, 1.165) is 17.7 Å². The van der Waals surface area contributed by atoms with Gasteiger partial charge in [0, 0.05) is 5.57 Å². The summed E-state index contributed by atoms with van der Waals surface area (Å²) in [7, 11) is 0. The fourth-order valence-corrected chi connectivity index (χ4v) is 2.90. The predicted octanol–water partition coefficient (Wildman–Crippen LogP) is 7.46. The summed E-state index contributed by atoms with van der Waals surface area (Å²) in [6.07, 6.45) is -1.68. The van der Waals surface area contributed by atoms with Gasteiger partial charge in [0.2, 0.25) is 6.79 Å². The summed E-state index contributed by atoms with van der Waals surface area (Å²) in [5.74, 6) is -0.955. The average Bonchev–Trinajstić information content (AvgIpc) is 2.83. The molecule has 3 aromatic carbocycles. The van der Waals surface area contributed by atoms with E-state index in [1.165, 1.54) is 6.07 Å². The Bertz CT molecular complexity index is 1270. The quantitative estimate of drug-likeness (QED) is 0.138. The van der Waals surface area contributed by atoms with Crippen molar-refractivity contribution < 1.29 is 31.8 Å². The number of allylic oxidation sites excluding steroid dienone is 4. The number of nitriles is 1. The van der Waals surface area contributed by atoms with E-state index in [0.29, 0.717) is 33.8 Å². The van der Waals surface area contributed by atoms with Crippen LogP contribution in [0.4, 0.5) is 17.6 Å². The highest BCUT2D eigenvalue weighted by Crippen LogP contribution is 2.30. The Morgan fingerprint density at radius 3 is 1.97 bits per heavy atom. The number of alkyl halides is 3. The molecule has 0 saturated carbocycles. The fraction of sp³-hybridized carbons (Fsp3) is 0.0741. The van der Waals surface area contributed by atoms with E-state index >= 15 is 0 Å². The number of halogens is 4. The molecule has 0 fully saturated rings. The first-order valence-electron chi connectivity index (χ1n) is 10.1. The molecule has 0 bridgehead atoms. The van der Waals surface area contributed by atoms with Gasteiger partial charge in [-0.1, -0.05) is 49.6 Å². The van der Waals surface area contributed by atoms with E-state index in [1.54, 1.807) is 48.6 Å². The highest BCUT2D eigenvalue weighted by atomic mass is 19.4. The van der Waals surface area contributed by atoms with Gasteiger partial charge in [-0.2, -0.15) is 5.26 Å². The third kappa shape index (κ3) is 7.51. The number of hydrogen-bond donors (Lipinski definition) is 0. The molecule has 178 valence electrons. The lowest BCUT2D eigenvalue weighted by Crippen LogP contribution is -2.17. The molecular formula is C27H19F4NO3. The van der Waals surface area contributed by atoms with Gasteiger partial charge in [0.15, 0.2) is 11.6 Å².